The molecule has 1 fully saturated rings. The normalized spacial score (nSPS) is 16.4. The molecule has 0 aliphatic carbocycles. The zero-order valence-electron chi connectivity index (χ0n) is 17.6. The van der Waals surface area contributed by atoms with Crippen molar-refractivity contribution in [3.8, 4) is 0 Å². The predicted octanol–water partition coefficient (Wildman–Crippen LogP) is 3.65. The molecule has 0 spiro atoms. The van der Waals surface area contributed by atoms with E-state index >= 15 is 0 Å². The molecule has 8 heteroatoms. The number of aromatic nitrogens is 3. The maximum absolute atomic E-state index is 13.1. The Labute approximate surface area is 182 Å². The van der Waals surface area contributed by atoms with Crippen LogP contribution in [0.1, 0.15) is 31.5 Å². The maximum atomic E-state index is 13.1. The molecule has 1 aliphatic heterocycles. The van der Waals surface area contributed by atoms with Crippen molar-refractivity contribution >= 4 is 31.8 Å². The molecule has 5 rings (SSSR count). The summed E-state index contributed by atoms with van der Waals surface area (Å²) in [6, 6.07) is 15.2. The Morgan fingerprint density at radius 2 is 1.94 bits per heavy atom. The van der Waals surface area contributed by atoms with Gasteiger partial charge in [0.1, 0.15) is 0 Å². The molecule has 31 heavy (non-hydrogen) atoms. The van der Waals surface area contributed by atoms with Gasteiger partial charge in [0.25, 0.3) is 0 Å². The molecule has 7 nitrogen and oxygen atoms in total. The van der Waals surface area contributed by atoms with Gasteiger partial charge in [-0.25, -0.2) is 13.1 Å². The predicted molar refractivity (Wildman–Crippen MR) is 122 cm³/mol. The first-order valence-electron chi connectivity index (χ1n) is 10.8. The van der Waals surface area contributed by atoms with E-state index in [9.17, 15) is 8.42 Å². The van der Waals surface area contributed by atoms with Crippen LogP contribution in [0.15, 0.2) is 59.6 Å². The molecule has 1 atom stereocenters. The van der Waals surface area contributed by atoms with Gasteiger partial charge in [-0.1, -0.05) is 24.3 Å². The topological polar surface area (TPSA) is 83.0 Å². The van der Waals surface area contributed by atoms with Crippen LogP contribution in [0.2, 0.25) is 0 Å². The highest BCUT2D eigenvalue weighted by atomic mass is 32.2. The molecular weight excluding hydrogens is 410 g/mol. The molecule has 2 aromatic heterocycles. The first-order valence-corrected chi connectivity index (χ1v) is 12.3. The lowest BCUT2D eigenvalue weighted by Crippen LogP contribution is -2.37. The first-order chi connectivity index (χ1) is 15.1. The number of para-hydroxylation sites is 1. The molecule has 0 saturated carbocycles. The number of benzene rings is 2. The number of hydrogen-bond donors (Lipinski definition) is 2. The smallest absolute Gasteiger partial charge is 0.240 e. The Morgan fingerprint density at radius 3 is 2.74 bits per heavy atom. The fourth-order valence-electron chi connectivity index (χ4n) is 4.56. The fraction of sp³-hybridized carbons (Fsp3) is 0.348. The number of aryl methyl sites for hydroxylation is 1. The van der Waals surface area contributed by atoms with Crippen LogP contribution in [-0.2, 0) is 16.6 Å². The molecule has 0 amide bonds. The minimum Gasteiger partial charge on any atom is -0.361 e. The lowest BCUT2D eigenvalue weighted by molar-refractivity contribution is 0.242. The summed E-state index contributed by atoms with van der Waals surface area (Å²) in [7, 11) is -3.65. The maximum Gasteiger partial charge on any atom is 0.240 e. The van der Waals surface area contributed by atoms with E-state index in [0.29, 0.717) is 0 Å². The van der Waals surface area contributed by atoms with Crippen molar-refractivity contribution in [1.82, 2.24) is 24.4 Å². The van der Waals surface area contributed by atoms with Gasteiger partial charge >= 0.3 is 0 Å². The molecule has 0 radical (unpaired) electrons. The lowest BCUT2D eigenvalue weighted by Gasteiger charge is -2.26. The number of rotatable bonds is 7. The van der Waals surface area contributed by atoms with Crippen LogP contribution in [0.3, 0.4) is 0 Å². The largest absolute Gasteiger partial charge is 0.361 e. The van der Waals surface area contributed by atoms with Gasteiger partial charge in [-0.2, -0.15) is 5.10 Å². The van der Waals surface area contributed by atoms with E-state index < -0.39 is 10.0 Å². The van der Waals surface area contributed by atoms with Crippen molar-refractivity contribution in [2.24, 2.45) is 0 Å². The van der Waals surface area contributed by atoms with Crippen LogP contribution in [0, 0.1) is 0 Å². The molecule has 0 bridgehead atoms. The quantitative estimate of drug-likeness (QED) is 0.462. The fourth-order valence-corrected chi connectivity index (χ4v) is 5.62. The van der Waals surface area contributed by atoms with E-state index in [2.05, 4.69) is 33.7 Å². The highest BCUT2D eigenvalue weighted by molar-refractivity contribution is 7.89. The SMILES string of the molecule is CCn1nc([C@@H](CNS(=O)(=O)c2ccc3cc[nH]c3c2)N2CCCC2)c2ccccc21. The van der Waals surface area contributed by atoms with Gasteiger partial charge in [-0.05, 0) is 62.5 Å². The van der Waals surface area contributed by atoms with Gasteiger partial charge in [-0.15, -0.1) is 0 Å². The zero-order chi connectivity index (χ0) is 21.4. The van der Waals surface area contributed by atoms with Gasteiger partial charge in [-0.3, -0.25) is 9.58 Å². The minimum absolute atomic E-state index is 0.107. The molecule has 2 N–H and O–H groups in total. The summed E-state index contributed by atoms with van der Waals surface area (Å²) < 4.78 is 31.1. The minimum atomic E-state index is -3.65. The highest BCUT2D eigenvalue weighted by Gasteiger charge is 2.29. The van der Waals surface area contributed by atoms with Gasteiger partial charge < -0.3 is 4.98 Å². The summed E-state index contributed by atoms with van der Waals surface area (Å²) in [6.07, 6.45) is 4.06. The van der Waals surface area contributed by atoms with E-state index in [4.69, 9.17) is 5.10 Å². The molecular formula is C23H27N5O2S. The lowest BCUT2D eigenvalue weighted by atomic mass is 10.1. The number of nitrogens with one attached hydrogen (secondary N) is 2. The van der Waals surface area contributed by atoms with E-state index in [1.165, 1.54) is 0 Å². The van der Waals surface area contributed by atoms with Crippen LogP contribution < -0.4 is 4.72 Å². The van der Waals surface area contributed by atoms with Crippen molar-refractivity contribution in [2.75, 3.05) is 19.6 Å². The van der Waals surface area contributed by atoms with Crippen LogP contribution in [0.4, 0.5) is 0 Å². The third kappa shape index (κ3) is 3.75. The molecule has 2 aromatic carbocycles. The summed E-state index contributed by atoms with van der Waals surface area (Å²) in [5.74, 6) is 0. The van der Waals surface area contributed by atoms with Crippen molar-refractivity contribution < 1.29 is 8.42 Å². The standard InChI is InChI=1S/C23H27N5O2S/c1-2-28-21-8-4-3-7-19(21)23(26-28)22(27-13-5-6-14-27)16-25-31(29,30)18-10-9-17-11-12-24-20(17)15-18/h3-4,7-12,15,22,24-25H,2,5-6,13-14,16H2,1H3/t22-/m1/s1. The van der Waals surface area contributed by atoms with Crippen molar-refractivity contribution in [3.05, 3.63) is 60.4 Å². The number of likely N-dealkylation sites (tertiary alicyclic amines) is 1. The van der Waals surface area contributed by atoms with Crippen molar-refractivity contribution in [3.63, 3.8) is 0 Å². The average molecular weight is 438 g/mol. The Hall–Kier alpha value is -2.68. The van der Waals surface area contributed by atoms with Crippen molar-refractivity contribution in [1.29, 1.82) is 0 Å². The van der Waals surface area contributed by atoms with Gasteiger partial charge in [0.2, 0.25) is 10.0 Å². The van der Waals surface area contributed by atoms with Gasteiger partial charge in [0, 0.05) is 30.2 Å². The number of sulfonamides is 1. The first kappa shape index (κ1) is 20.2. The molecule has 1 saturated heterocycles. The number of hydrogen-bond acceptors (Lipinski definition) is 4. The summed E-state index contributed by atoms with van der Waals surface area (Å²) in [5.41, 5.74) is 2.85. The third-order valence-electron chi connectivity index (χ3n) is 6.19. The number of aromatic amines is 1. The van der Waals surface area contributed by atoms with E-state index in [1.807, 2.05) is 35.1 Å². The number of H-pyrrole nitrogens is 1. The van der Waals surface area contributed by atoms with E-state index in [1.54, 1.807) is 12.1 Å². The molecule has 0 unspecified atom stereocenters. The summed E-state index contributed by atoms with van der Waals surface area (Å²) >= 11 is 0. The van der Waals surface area contributed by atoms with E-state index in [0.717, 1.165) is 60.0 Å². The summed E-state index contributed by atoms with van der Waals surface area (Å²) in [4.78, 5) is 5.71. The summed E-state index contributed by atoms with van der Waals surface area (Å²) in [5, 5.41) is 6.98. The van der Waals surface area contributed by atoms with Gasteiger partial charge in [0.15, 0.2) is 0 Å². The number of fused-ring (bicyclic) bond motifs is 2. The second kappa shape index (κ2) is 8.11. The average Bonchev–Trinajstić information content (AvgIpc) is 3.53. The summed E-state index contributed by atoms with van der Waals surface area (Å²) in [6.45, 7) is 5.04. The number of nitrogens with zero attached hydrogens (tertiary/aromatic N) is 3. The van der Waals surface area contributed by atoms with Crippen LogP contribution >= 0.6 is 0 Å². The second-order valence-corrected chi connectivity index (χ2v) is 9.82. The van der Waals surface area contributed by atoms with Crippen LogP contribution in [0.5, 0.6) is 0 Å². The third-order valence-corrected chi connectivity index (χ3v) is 7.61. The highest BCUT2D eigenvalue weighted by Crippen LogP contribution is 2.30. The Morgan fingerprint density at radius 1 is 1.13 bits per heavy atom. The van der Waals surface area contributed by atoms with E-state index in [-0.39, 0.29) is 17.5 Å². The molecule has 162 valence electrons. The van der Waals surface area contributed by atoms with Crippen molar-refractivity contribution in [2.45, 2.75) is 37.2 Å². The monoisotopic (exact) mass is 437 g/mol. The zero-order valence-corrected chi connectivity index (χ0v) is 18.4. The Balaban J connectivity index is 1.47. The molecule has 4 aromatic rings. The Kier molecular flexibility index (Phi) is 5.29. The second-order valence-electron chi connectivity index (χ2n) is 8.06. The van der Waals surface area contributed by atoms with Gasteiger partial charge in [0.05, 0.1) is 22.1 Å². The van der Waals surface area contributed by atoms with Crippen LogP contribution in [-0.4, -0.2) is 47.7 Å². The van der Waals surface area contributed by atoms with Crippen LogP contribution in [0.25, 0.3) is 21.8 Å². The molecule has 3 heterocycles. The molecule has 1 aliphatic rings. The Bertz CT molecular complexity index is 1320.